The van der Waals surface area contributed by atoms with Crippen LogP contribution < -0.4 is 0 Å². The lowest BCUT2D eigenvalue weighted by Crippen LogP contribution is -2.20. The Morgan fingerprint density at radius 2 is 1.50 bits per heavy atom. The van der Waals surface area contributed by atoms with Crippen molar-refractivity contribution in [1.82, 2.24) is 0 Å². The molecule has 2 heteroatoms. The summed E-state index contributed by atoms with van der Waals surface area (Å²) in [6.07, 6.45) is 2.54. The lowest BCUT2D eigenvalue weighted by atomic mass is 10.1. The molecule has 0 spiro atoms. The smallest absolute Gasteiger partial charge is 0.176 e. The van der Waals surface area contributed by atoms with Crippen LogP contribution in [-0.4, -0.2) is 15.6 Å². The van der Waals surface area contributed by atoms with Crippen LogP contribution in [0.25, 0.3) is 0 Å². The van der Waals surface area contributed by atoms with E-state index in [0.29, 0.717) is 0 Å². The van der Waals surface area contributed by atoms with E-state index in [1.807, 2.05) is 0 Å². The van der Waals surface area contributed by atoms with Crippen molar-refractivity contribution < 1.29 is 4.43 Å². The highest BCUT2D eigenvalue weighted by molar-refractivity contribution is 6.51. The summed E-state index contributed by atoms with van der Waals surface area (Å²) in [5, 5.41) is 0. The van der Waals surface area contributed by atoms with Gasteiger partial charge in [0, 0.05) is 6.61 Å². The van der Waals surface area contributed by atoms with Crippen LogP contribution in [0.1, 0.15) is 40.5 Å². The molecule has 0 aromatic heterocycles. The first-order valence-corrected chi connectivity index (χ1v) is 7.50. The van der Waals surface area contributed by atoms with E-state index >= 15 is 0 Å². The van der Waals surface area contributed by atoms with Gasteiger partial charge in [-0.2, -0.15) is 0 Å². The molecule has 12 heavy (non-hydrogen) atoms. The predicted octanol–water partition coefficient (Wildman–Crippen LogP) is 3.20. The molecule has 0 aliphatic rings. The summed E-state index contributed by atoms with van der Waals surface area (Å²) >= 11 is 0. The maximum atomic E-state index is 5.92. The van der Waals surface area contributed by atoms with Gasteiger partial charge in [-0.3, -0.25) is 0 Å². The second-order valence-corrected chi connectivity index (χ2v) is 6.66. The zero-order valence-electron chi connectivity index (χ0n) is 9.10. The fraction of sp³-hybridized carbons (Fsp3) is 1.00. The molecule has 0 N–H and O–H groups in total. The Balaban J connectivity index is 3.49. The molecule has 0 aliphatic carbocycles. The summed E-state index contributed by atoms with van der Waals surface area (Å²) in [4.78, 5) is 0. The lowest BCUT2D eigenvalue weighted by Gasteiger charge is -2.17. The van der Waals surface area contributed by atoms with E-state index in [2.05, 4.69) is 27.7 Å². The molecule has 0 atom stereocenters. The maximum absolute atomic E-state index is 5.92. The van der Waals surface area contributed by atoms with Crippen molar-refractivity contribution >= 4 is 9.04 Å². The summed E-state index contributed by atoms with van der Waals surface area (Å²) in [6.45, 7) is 10.0. The molecule has 1 nitrogen and oxygen atoms in total. The van der Waals surface area contributed by atoms with E-state index < -0.39 is 9.04 Å². The Morgan fingerprint density at radius 3 is 1.83 bits per heavy atom. The van der Waals surface area contributed by atoms with Crippen LogP contribution in [0.15, 0.2) is 0 Å². The number of hydrogen-bond acceptors (Lipinski definition) is 1. The van der Waals surface area contributed by atoms with E-state index in [1.165, 1.54) is 24.9 Å². The molecule has 0 saturated carbocycles. The second kappa shape index (κ2) is 7.81. The van der Waals surface area contributed by atoms with Gasteiger partial charge in [-0.05, 0) is 18.0 Å². The average Bonchev–Trinajstić information content (AvgIpc) is 2.13. The van der Waals surface area contributed by atoms with Gasteiger partial charge in [0.2, 0.25) is 0 Å². The predicted molar refractivity (Wildman–Crippen MR) is 58.1 cm³/mol. The van der Waals surface area contributed by atoms with Gasteiger partial charge in [0.25, 0.3) is 0 Å². The third-order valence-electron chi connectivity index (χ3n) is 2.63. The van der Waals surface area contributed by atoms with Crippen LogP contribution in [0.5, 0.6) is 0 Å². The maximum Gasteiger partial charge on any atom is 0.176 e. The summed E-state index contributed by atoms with van der Waals surface area (Å²) in [7, 11) is -0.776. The van der Waals surface area contributed by atoms with Crippen molar-refractivity contribution in [2.45, 2.75) is 52.6 Å². The van der Waals surface area contributed by atoms with E-state index in [-0.39, 0.29) is 0 Å². The molecule has 74 valence electrons. The van der Waals surface area contributed by atoms with Crippen molar-refractivity contribution in [3.05, 3.63) is 0 Å². The van der Waals surface area contributed by atoms with Crippen molar-refractivity contribution in [1.29, 1.82) is 0 Å². The molecule has 0 fully saturated rings. The van der Waals surface area contributed by atoms with Crippen LogP contribution in [-0.2, 0) is 4.43 Å². The first kappa shape index (κ1) is 12.2. The quantitative estimate of drug-likeness (QED) is 0.558. The normalized spacial score (nSPS) is 11.5. The van der Waals surface area contributed by atoms with E-state index in [1.54, 1.807) is 0 Å². The highest BCUT2D eigenvalue weighted by atomic mass is 28.3. The largest absolute Gasteiger partial charge is 0.420 e. The average molecular weight is 188 g/mol. The minimum Gasteiger partial charge on any atom is -0.420 e. The Kier molecular flexibility index (Phi) is 7.92. The molecule has 0 aliphatic heterocycles. The highest BCUT2D eigenvalue weighted by Gasteiger charge is 2.09. The minimum absolute atomic E-state index is 0.776. The topological polar surface area (TPSA) is 9.23 Å². The summed E-state index contributed by atoms with van der Waals surface area (Å²) in [6, 6.07) is 2.58. The Morgan fingerprint density at radius 1 is 1.00 bits per heavy atom. The Labute approximate surface area is 79.2 Å². The second-order valence-electron chi connectivity index (χ2n) is 3.45. The molecule has 0 radical (unpaired) electrons. The van der Waals surface area contributed by atoms with Gasteiger partial charge in [-0.25, -0.2) is 0 Å². The molecule has 0 aromatic rings. The molecule has 0 amide bonds. The van der Waals surface area contributed by atoms with Gasteiger partial charge in [0.05, 0.1) is 0 Å². The van der Waals surface area contributed by atoms with Gasteiger partial charge in [0.15, 0.2) is 9.04 Å². The third-order valence-corrected chi connectivity index (χ3v) is 5.12. The monoisotopic (exact) mass is 188 g/mol. The molecule has 0 heterocycles. The van der Waals surface area contributed by atoms with Crippen molar-refractivity contribution in [2.75, 3.05) is 6.61 Å². The summed E-state index contributed by atoms with van der Waals surface area (Å²) in [5.41, 5.74) is 0. The molecule has 0 bridgehead atoms. The van der Waals surface area contributed by atoms with E-state index in [0.717, 1.165) is 12.5 Å². The highest BCUT2D eigenvalue weighted by Crippen LogP contribution is 2.10. The van der Waals surface area contributed by atoms with Crippen LogP contribution in [0.3, 0.4) is 0 Å². The molecule has 0 aromatic carbocycles. The van der Waals surface area contributed by atoms with Gasteiger partial charge < -0.3 is 4.43 Å². The van der Waals surface area contributed by atoms with Gasteiger partial charge in [-0.15, -0.1) is 0 Å². The Hall–Kier alpha value is 0.177. The Bertz CT molecular complexity index is 75.8. The SMILES string of the molecule is CCC(CC)CO[SiH](CC)CC. The number of hydrogen-bond donors (Lipinski definition) is 0. The zero-order valence-corrected chi connectivity index (χ0v) is 10.3. The zero-order chi connectivity index (χ0) is 9.40. The third kappa shape index (κ3) is 4.94. The van der Waals surface area contributed by atoms with Crippen molar-refractivity contribution in [3.63, 3.8) is 0 Å². The van der Waals surface area contributed by atoms with Crippen molar-refractivity contribution in [3.8, 4) is 0 Å². The van der Waals surface area contributed by atoms with Gasteiger partial charge >= 0.3 is 0 Å². The fourth-order valence-corrected chi connectivity index (χ4v) is 2.91. The molecular weight excluding hydrogens is 164 g/mol. The molecular formula is C10H24OSi. The molecule has 0 rings (SSSR count). The minimum atomic E-state index is -0.776. The van der Waals surface area contributed by atoms with Crippen molar-refractivity contribution in [2.24, 2.45) is 5.92 Å². The van der Waals surface area contributed by atoms with Gasteiger partial charge in [-0.1, -0.05) is 40.5 Å². The summed E-state index contributed by atoms with van der Waals surface area (Å²) < 4.78 is 5.92. The van der Waals surface area contributed by atoms with Gasteiger partial charge in [0.1, 0.15) is 0 Å². The fourth-order valence-electron chi connectivity index (χ4n) is 1.32. The number of rotatable bonds is 7. The standard InChI is InChI=1S/C10H24OSi/c1-5-10(6-2)9-11-12(7-3)8-4/h10,12H,5-9H2,1-4H3. The van der Waals surface area contributed by atoms with Crippen LogP contribution in [0.2, 0.25) is 12.1 Å². The first-order valence-electron chi connectivity index (χ1n) is 5.39. The molecule has 0 unspecified atom stereocenters. The van der Waals surface area contributed by atoms with E-state index in [4.69, 9.17) is 4.43 Å². The van der Waals surface area contributed by atoms with Crippen LogP contribution in [0.4, 0.5) is 0 Å². The van der Waals surface area contributed by atoms with Crippen LogP contribution in [0, 0.1) is 5.92 Å². The summed E-state index contributed by atoms with van der Waals surface area (Å²) in [5.74, 6) is 0.804. The first-order chi connectivity index (χ1) is 5.78. The lowest BCUT2D eigenvalue weighted by molar-refractivity contribution is 0.240. The van der Waals surface area contributed by atoms with Crippen LogP contribution >= 0.6 is 0 Å². The van der Waals surface area contributed by atoms with E-state index in [9.17, 15) is 0 Å². The molecule has 0 saturated heterocycles.